The lowest BCUT2D eigenvalue weighted by atomic mass is 9.87. The molecule has 8 rings (SSSR count). The van der Waals surface area contributed by atoms with Crippen molar-refractivity contribution in [1.29, 1.82) is 0 Å². The van der Waals surface area contributed by atoms with Crippen LogP contribution in [0.4, 0.5) is 15.3 Å². The van der Waals surface area contributed by atoms with E-state index in [0.29, 0.717) is 12.2 Å². The molecule has 0 radical (unpaired) electrons. The van der Waals surface area contributed by atoms with Gasteiger partial charge in [-0.1, -0.05) is 72.7 Å². The van der Waals surface area contributed by atoms with Crippen molar-refractivity contribution in [2.75, 3.05) is 12.0 Å². The summed E-state index contributed by atoms with van der Waals surface area (Å²) in [6, 6.07) is 19.7. The standard InChI is InChI=1S/C53H71N9O6/c1-29(2)43(58-49(65)66)47(63)61-41(23-25-52(61,8)9)45-54-35-19-13-31(27-37(35)56-45)39-21-22-40(60(39)34-17-15-33(16-18-34)51(5,6)7)32-14-20-36-38(28-32)57-46(55-36)42-24-26-53(10,11)62(42)48(64)44(30(3)4)59-50(67)68-12/h13-20,27-30,39-44,58H,21-26H2,1-12H3,(H,54,56)(H,55,57)(H,59,67)(H,65,66)/t39-,40-,41?,42+,43+,44+/m1/s1. The molecule has 3 aliphatic heterocycles. The fourth-order valence-corrected chi connectivity index (χ4v) is 11.2. The van der Waals surface area contributed by atoms with Gasteiger partial charge in [-0.3, -0.25) is 9.59 Å². The van der Waals surface area contributed by atoms with Gasteiger partial charge < -0.3 is 45.1 Å². The van der Waals surface area contributed by atoms with Gasteiger partial charge in [0.25, 0.3) is 0 Å². The molecule has 0 saturated carbocycles. The molecule has 3 saturated heterocycles. The number of fused-ring (bicyclic) bond motifs is 2. The number of aromatic amines is 2. The molecule has 2 aromatic heterocycles. The Kier molecular flexibility index (Phi) is 12.9. The van der Waals surface area contributed by atoms with E-state index < -0.39 is 35.3 Å². The second-order valence-electron chi connectivity index (χ2n) is 22.3. The zero-order chi connectivity index (χ0) is 49.2. The number of nitrogens with one attached hydrogen (secondary N) is 4. The van der Waals surface area contributed by atoms with Crippen molar-refractivity contribution in [2.24, 2.45) is 11.8 Å². The van der Waals surface area contributed by atoms with E-state index in [2.05, 4.69) is 121 Å². The summed E-state index contributed by atoms with van der Waals surface area (Å²) in [4.78, 5) is 76.3. The van der Waals surface area contributed by atoms with Crippen molar-refractivity contribution in [1.82, 2.24) is 40.4 Å². The predicted octanol–water partition coefficient (Wildman–Crippen LogP) is 10.4. The number of carbonyl (C=O) groups excluding carboxylic acids is 3. The quantitative estimate of drug-likeness (QED) is 0.0858. The van der Waals surface area contributed by atoms with Crippen LogP contribution < -0.4 is 15.5 Å². The number of H-pyrrole nitrogens is 2. The van der Waals surface area contributed by atoms with Crippen molar-refractivity contribution in [2.45, 2.75) is 167 Å². The molecule has 3 aliphatic rings. The Morgan fingerprint density at radius 1 is 0.676 bits per heavy atom. The Balaban J connectivity index is 1.12. The molecular weight excluding hydrogens is 859 g/mol. The molecule has 6 atom stereocenters. The number of methoxy groups -OCH3 is 1. The van der Waals surface area contributed by atoms with E-state index in [1.807, 2.05) is 51.3 Å². The highest BCUT2D eigenvalue weighted by atomic mass is 16.5. The molecule has 364 valence electrons. The molecule has 0 spiro atoms. The zero-order valence-corrected chi connectivity index (χ0v) is 41.9. The molecule has 0 bridgehead atoms. The highest BCUT2D eigenvalue weighted by molar-refractivity contribution is 5.88. The maximum atomic E-state index is 14.3. The van der Waals surface area contributed by atoms with Crippen molar-refractivity contribution < 1.29 is 29.0 Å². The summed E-state index contributed by atoms with van der Waals surface area (Å²) >= 11 is 0. The summed E-state index contributed by atoms with van der Waals surface area (Å²) in [5, 5.41) is 14.9. The number of benzene rings is 3. The number of likely N-dealkylation sites (tertiary alicyclic amines) is 2. The number of carbonyl (C=O) groups is 4. The smallest absolute Gasteiger partial charge is 0.407 e. The first-order valence-electron chi connectivity index (χ1n) is 24.4. The van der Waals surface area contributed by atoms with E-state index in [9.17, 15) is 24.3 Å². The van der Waals surface area contributed by atoms with Gasteiger partial charge in [0.2, 0.25) is 11.8 Å². The molecule has 5 aromatic rings. The molecule has 4 amide bonds. The van der Waals surface area contributed by atoms with Crippen LogP contribution in [0.2, 0.25) is 0 Å². The van der Waals surface area contributed by atoms with Crippen LogP contribution in [0.15, 0.2) is 60.7 Å². The number of carboxylic acid groups (broad SMARTS) is 1. The van der Waals surface area contributed by atoms with E-state index in [1.165, 1.54) is 12.7 Å². The predicted molar refractivity (Wildman–Crippen MR) is 264 cm³/mol. The summed E-state index contributed by atoms with van der Waals surface area (Å²) in [7, 11) is 1.30. The normalized spacial score (nSPS) is 22.4. The van der Waals surface area contributed by atoms with Crippen molar-refractivity contribution >= 4 is 51.8 Å². The number of rotatable bonds is 11. The summed E-state index contributed by atoms with van der Waals surface area (Å²) in [6.45, 7) is 22.5. The van der Waals surface area contributed by atoms with Gasteiger partial charge in [0, 0.05) is 16.8 Å². The Morgan fingerprint density at radius 2 is 1.12 bits per heavy atom. The lowest BCUT2D eigenvalue weighted by Gasteiger charge is -2.38. The molecule has 15 nitrogen and oxygen atoms in total. The van der Waals surface area contributed by atoms with Gasteiger partial charge in [0.1, 0.15) is 23.7 Å². The summed E-state index contributed by atoms with van der Waals surface area (Å²) in [5.41, 5.74) is 7.14. The number of ether oxygens (including phenoxy) is 1. The summed E-state index contributed by atoms with van der Waals surface area (Å²) < 4.78 is 4.88. The molecular formula is C53H71N9O6. The van der Waals surface area contributed by atoms with Crippen LogP contribution in [0.5, 0.6) is 0 Å². The Morgan fingerprint density at radius 3 is 1.51 bits per heavy atom. The van der Waals surface area contributed by atoms with Crippen molar-refractivity contribution in [3.63, 3.8) is 0 Å². The minimum Gasteiger partial charge on any atom is -0.465 e. The fraction of sp³-hybridized carbons (Fsp3) is 0.547. The number of imidazole rings is 2. The first-order chi connectivity index (χ1) is 32.0. The number of anilines is 1. The number of hydrogen-bond acceptors (Lipinski definition) is 8. The molecule has 0 aliphatic carbocycles. The monoisotopic (exact) mass is 930 g/mol. The van der Waals surface area contributed by atoms with E-state index in [0.717, 1.165) is 76.8 Å². The maximum Gasteiger partial charge on any atom is 0.407 e. The molecule has 3 fully saturated rings. The van der Waals surface area contributed by atoms with Crippen LogP contribution in [-0.4, -0.2) is 89.1 Å². The van der Waals surface area contributed by atoms with E-state index in [-0.39, 0.29) is 53.2 Å². The Bertz CT molecular complexity index is 2690. The average molecular weight is 930 g/mol. The minimum absolute atomic E-state index is 0.00674. The zero-order valence-electron chi connectivity index (χ0n) is 41.9. The number of hydrogen-bond donors (Lipinski definition) is 5. The van der Waals surface area contributed by atoms with Crippen LogP contribution in [0.25, 0.3) is 22.1 Å². The highest BCUT2D eigenvalue weighted by Crippen LogP contribution is 2.49. The largest absolute Gasteiger partial charge is 0.465 e. The first kappa shape index (κ1) is 48.3. The second kappa shape index (κ2) is 18.1. The van der Waals surface area contributed by atoms with Crippen LogP contribution in [-0.2, 0) is 19.7 Å². The molecule has 68 heavy (non-hydrogen) atoms. The van der Waals surface area contributed by atoms with Gasteiger partial charge in [0.15, 0.2) is 0 Å². The van der Waals surface area contributed by atoms with Crippen LogP contribution in [0, 0.1) is 11.8 Å². The van der Waals surface area contributed by atoms with Gasteiger partial charge in [-0.2, -0.15) is 0 Å². The fourth-order valence-electron chi connectivity index (χ4n) is 11.2. The SMILES string of the molecule is COC(=O)N[C@H](C(=O)N1[C@H](c2nc3cc([C@H]4CC[C@H](c5ccc6[nH]c(C7CCC(C)(C)N7C(=O)[C@@H](NC(=O)O)C(C)C)nc6c5)N4c4ccc(C(C)(C)C)cc4)ccc3[nH]2)CCC1(C)C)C(C)C. The summed E-state index contributed by atoms with van der Waals surface area (Å²) in [5.74, 6) is 0.649. The third-order valence-corrected chi connectivity index (χ3v) is 14.9. The average Bonchev–Trinajstić information content (AvgIpc) is 4.11. The maximum absolute atomic E-state index is 14.3. The molecule has 5 heterocycles. The van der Waals surface area contributed by atoms with Crippen molar-refractivity contribution in [3.05, 3.63) is 89.0 Å². The third kappa shape index (κ3) is 9.12. The molecule has 3 aromatic carbocycles. The van der Waals surface area contributed by atoms with Gasteiger partial charge in [-0.15, -0.1) is 0 Å². The van der Waals surface area contributed by atoms with E-state index in [1.54, 1.807) is 0 Å². The summed E-state index contributed by atoms with van der Waals surface area (Å²) in [6.07, 6.45) is 2.93. The first-order valence-corrected chi connectivity index (χ1v) is 24.4. The Labute approximate surface area is 400 Å². The lowest BCUT2D eigenvalue weighted by molar-refractivity contribution is -0.141. The third-order valence-electron chi connectivity index (χ3n) is 14.9. The van der Waals surface area contributed by atoms with Gasteiger partial charge >= 0.3 is 12.2 Å². The number of alkyl carbamates (subject to hydrolysis) is 1. The van der Waals surface area contributed by atoms with Crippen LogP contribution in [0.1, 0.15) is 167 Å². The van der Waals surface area contributed by atoms with Gasteiger partial charge in [-0.25, -0.2) is 19.6 Å². The topological polar surface area (TPSA) is 189 Å². The van der Waals surface area contributed by atoms with Crippen LogP contribution >= 0.6 is 0 Å². The van der Waals surface area contributed by atoms with Gasteiger partial charge in [0.05, 0.1) is 53.3 Å². The van der Waals surface area contributed by atoms with E-state index >= 15 is 0 Å². The number of aromatic nitrogens is 4. The van der Waals surface area contributed by atoms with Crippen LogP contribution in [0.3, 0.4) is 0 Å². The van der Waals surface area contributed by atoms with E-state index in [4.69, 9.17) is 14.7 Å². The molecule has 1 unspecified atom stereocenters. The lowest BCUT2D eigenvalue weighted by Crippen LogP contribution is -2.55. The Hall–Kier alpha value is -6.12. The molecule has 5 N–H and O–H groups in total. The highest BCUT2D eigenvalue weighted by Gasteiger charge is 2.49. The van der Waals surface area contributed by atoms with Gasteiger partial charge in [-0.05, 0) is 137 Å². The second-order valence-corrected chi connectivity index (χ2v) is 22.3. The number of nitrogens with zero attached hydrogens (tertiary/aromatic N) is 5. The van der Waals surface area contributed by atoms with Crippen molar-refractivity contribution in [3.8, 4) is 0 Å². The minimum atomic E-state index is -1.22. The number of amides is 4. The molecule has 15 heteroatoms.